The van der Waals surface area contributed by atoms with Crippen molar-refractivity contribution in [2.24, 2.45) is 10.2 Å². The molecule has 7 heteroatoms. The van der Waals surface area contributed by atoms with Crippen molar-refractivity contribution in [2.75, 3.05) is 0 Å². The summed E-state index contributed by atoms with van der Waals surface area (Å²) in [5.74, 6) is 0.00761. The van der Waals surface area contributed by atoms with Crippen molar-refractivity contribution in [3.8, 4) is 22.8 Å². The highest BCUT2D eigenvalue weighted by molar-refractivity contribution is 7.03. The average molecular weight is 298 g/mol. The summed E-state index contributed by atoms with van der Waals surface area (Å²) in [4.78, 5) is 0. The number of rotatable bonds is 3. The molecule has 104 valence electrons. The number of para-hydroxylation sites is 1. The van der Waals surface area contributed by atoms with Gasteiger partial charge in [0.1, 0.15) is 28.6 Å². The fourth-order valence-electron chi connectivity index (χ4n) is 1.78. The Morgan fingerprint density at radius 1 is 0.905 bits per heavy atom. The molecule has 6 nitrogen and oxygen atoms in total. The lowest BCUT2D eigenvalue weighted by Crippen LogP contribution is -1.80. The van der Waals surface area contributed by atoms with E-state index >= 15 is 0 Å². The molecule has 3 aromatic rings. The van der Waals surface area contributed by atoms with E-state index in [4.69, 9.17) is 0 Å². The summed E-state index contributed by atoms with van der Waals surface area (Å²) < 4.78 is 3.80. The van der Waals surface area contributed by atoms with Crippen LogP contribution in [0.2, 0.25) is 0 Å². The van der Waals surface area contributed by atoms with Crippen LogP contribution in [0.25, 0.3) is 11.3 Å². The van der Waals surface area contributed by atoms with Gasteiger partial charge in [-0.05, 0) is 29.7 Å². The molecular formula is C14H10N4O2S. The van der Waals surface area contributed by atoms with Crippen LogP contribution >= 0.6 is 11.5 Å². The predicted molar refractivity (Wildman–Crippen MR) is 79.3 cm³/mol. The van der Waals surface area contributed by atoms with E-state index in [1.165, 1.54) is 23.7 Å². The SMILES string of the molecule is Oc1ccccc1N=Nc1c(O)cccc1-c1csnn1. The molecule has 0 spiro atoms. The molecule has 0 bridgehead atoms. The normalized spacial score (nSPS) is 11.0. The Balaban J connectivity index is 2.05. The molecule has 3 rings (SSSR count). The minimum Gasteiger partial charge on any atom is -0.506 e. The van der Waals surface area contributed by atoms with Crippen molar-refractivity contribution in [1.82, 2.24) is 9.59 Å². The predicted octanol–water partition coefficient (Wildman–Crippen LogP) is 4.03. The molecule has 0 radical (unpaired) electrons. The van der Waals surface area contributed by atoms with E-state index in [-0.39, 0.29) is 17.2 Å². The Morgan fingerprint density at radius 3 is 2.48 bits per heavy atom. The summed E-state index contributed by atoms with van der Waals surface area (Å²) in [7, 11) is 0. The van der Waals surface area contributed by atoms with Crippen LogP contribution in [0.4, 0.5) is 11.4 Å². The van der Waals surface area contributed by atoms with E-state index in [1.807, 2.05) is 0 Å². The van der Waals surface area contributed by atoms with E-state index < -0.39 is 0 Å². The molecule has 0 fully saturated rings. The molecule has 0 unspecified atom stereocenters. The van der Waals surface area contributed by atoms with E-state index in [1.54, 1.807) is 35.7 Å². The van der Waals surface area contributed by atoms with Crippen LogP contribution in [0.3, 0.4) is 0 Å². The van der Waals surface area contributed by atoms with Crippen LogP contribution < -0.4 is 0 Å². The number of hydrogen-bond donors (Lipinski definition) is 2. The molecule has 0 saturated heterocycles. The Bertz CT molecular complexity index is 787. The summed E-state index contributed by atoms with van der Waals surface area (Å²) in [6.45, 7) is 0. The van der Waals surface area contributed by atoms with Gasteiger partial charge in [0.2, 0.25) is 0 Å². The van der Waals surface area contributed by atoms with E-state index in [9.17, 15) is 10.2 Å². The van der Waals surface area contributed by atoms with Crippen LogP contribution in [-0.2, 0) is 0 Å². The zero-order valence-electron chi connectivity index (χ0n) is 10.7. The van der Waals surface area contributed by atoms with Gasteiger partial charge >= 0.3 is 0 Å². The lowest BCUT2D eigenvalue weighted by molar-refractivity contribution is 0.474. The molecule has 1 aromatic heterocycles. The van der Waals surface area contributed by atoms with Gasteiger partial charge in [0.05, 0.1) is 0 Å². The Morgan fingerprint density at radius 2 is 1.71 bits per heavy atom. The molecule has 0 saturated carbocycles. The molecule has 21 heavy (non-hydrogen) atoms. The largest absolute Gasteiger partial charge is 0.506 e. The maximum absolute atomic E-state index is 9.98. The van der Waals surface area contributed by atoms with E-state index in [0.717, 1.165) is 0 Å². The van der Waals surface area contributed by atoms with Crippen molar-refractivity contribution in [1.29, 1.82) is 0 Å². The lowest BCUT2D eigenvalue weighted by Gasteiger charge is -2.03. The Kier molecular flexibility index (Phi) is 3.57. The van der Waals surface area contributed by atoms with Crippen LogP contribution in [0.1, 0.15) is 0 Å². The van der Waals surface area contributed by atoms with Gasteiger partial charge in [0.15, 0.2) is 0 Å². The number of nitrogens with zero attached hydrogens (tertiary/aromatic N) is 4. The summed E-state index contributed by atoms with van der Waals surface area (Å²) in [5.41, 5.74) is 1.85. The molecule has 0 aliphatic heterocycles. The second-order valence-corrected chi connectivity index (χ2v) is 4.76. The molecule has 0 atom stereocenters. The molecular weight excluding hydrogens is 288 g/mol. The molecule has 2 N–H and O–H groups in total. The fraction of sp³-hybridized carbons (Fsp3) is 0. The van der Waals surface area contributed by atoms with Gasteiger partial charge in [-0.2, -0.15) is 0 Å². The number of phenolic OH excluding ortho intramolecular Hbond substituents is 2. The smallest absolute Gasteiger partial charge is 0.143 e. The quantitative estimate of drug-likeness (QED) is 0.714. The van der Waals surface area contributed by atoms with Gasteiger partial charge in [0.25, 0.3) is 0 Å². The standard InChI is InChI=1S/C14H10N4O2S/c19-12-6-2-1-5-10(12)15-17-14-9(4-3-7-13(14)20)11-8-21-18-16-11/h1-8,19-20H. The van der Waals surface area contributed by atoms with Gasteiger partial charge in [-0.25, -0.2) is 0 Å². The first-order valence-corrected chi connectivity index (χ1v) is 6.88. The number of aromatic nitrogens is 2. The van der Waals surface area contributed by atoms with Gasteiger partial charge in [0, 0.05) is 10.9 Å². The minimum absolute atomic E-state index is 0.0142. The highest BCUT2D eigenvalue weighted by Gasteiger charge is 2.11. The zero-order chi connectivity index (χ0) is 14.7. The lowest BCUT2D eigenvalue weighted by atomic mass is 10.1. The summed E-state index contributed by atoms with van der Waals surface area (Å²) >= 11 is 1.21. The topological polar surface area (TPSA) is 91.0 Å². The van der Waals surface area contributed by atoms with Gasteiger partial charge in [-0.3, -0.25) is 0 Å². The first kappa shape index (κ1) is 13.2. The third kappa shape index (κ3) is 2.72. The monoisotopic (exact) mass is 298 g/mol. The molecule has 0 aliphatic carbocycles. The van der Waals surface area contributed by atoms with Crippen LogP contribution in [0.5, 0.6) is 11.5 Å². The van der Waals surface area contributed by atoms with E-state index in [0.29, 0.717) is 16.9 Å². The number of azo groups is 1. The highest BCUT2D eigenvalue weighted by atomic mass is 32.1. The van der Waals surface area contributed by atoms with Crippen LogP contribution in [0.15, 0.2) is 58.1 Å². The number of aromatic hydroxyl groups is 2. The third-order valence-electron chi connectivity index (χ3n) is 2.79. The highest BCUT2D eigenvalue weighted by Crippen LogP contribution is 2.38. The van der Waals surface area contributed by atoms with Crippen LogP contribution in [0, 0.1) is 0 Å². The Labute approximate surface area is 124 Å². The average Bonchev–Trinajstić information content (AvgIpc) is 3.01. The number of benzene rings is 2. The first-order valence-electron chi connectivity index (χ1n) is 6.05. The van der Waals surface area contributed by atoms with Crippen LogP contribution in [-0.4, -0.2) is 19.8 Å². The van der Waals surface area contributed by atoms with Gasteiger partial charge in [-0.15, -0.1) is 15.3 Å². The fourth-order valence-corrected chi connectivity index (χ4v) is 2.23. The summed E-state index contributed by atoms with van der Waals surface area (Å²) in [5, 5.41) is 33.4. The molecule has 0 amide bonds. The summed E-state index contributed by atoms with van der Waals surface area (Å²) in [6, 6.07) is 11.6. The first-order chi connectivity index (χ1) is 10.3. The summed E-state index contributed by atoms with van der Waals surface area (Å²) in [6.07, 6.45) is 0. The third-order valence-corrected chi connectivity index (χ3v) is 3.29. The van der Waals surface area contributed by atoms with Crippen molar-refractivity contribution < 1.29 is 10.2 Å². The molecule has 1 heterocycles. The van der Waals surface area contributed by atoms with Crippen molar-refractivity contribution in [3.05, 3.63) is 47.8 Å². The second-order valence-electron chi connectivity index (χ2n) is 4.15. The number of phenols is 2. The van der Waals surface area contributed by atoms with Gasteiger partial charge < -0.3 is 10.2 Å². The van der Waals surface area contributed by atoms with Crippen molar-refractivity contribution in [2.45, 2.75) is 0 Å². The second kappa shape index (κ2) is 5.68. The molecule has 0 aliphatic rings. The maximum atomic E-state index is 9.98. The number of hydrogen-bond acceptors (Lipinski definition) is 7. The van der Waals surface area contributed by atoms with Gasteiger partial charge in [-0.1, -0.05) is 28.8 Å². The van der Waals surface area contributed by atoms with Crippen molar-refractivity contribution >= 4 is 22.9 Å². The van der Waals surface area contributed by atoms with Crippen molar-refractivity contribution in [3.63, 3.8) is 0 Å². The zero-order valence-corrected chi connectivity index (χ0v) is 11.5. The van der Waals surface area contributed by atoms with E-state index in [2.05, 4.69) is 19.8 Å². The molecule has 2 aromatic carbocycles. The maximum Gasteiger partial charge on any atom is 0.143 e. The Hall–Kier alpha value is -2.80. The minimum atomic E-state index is -0.0142.